The van der Waals surface area contributed by atoms with Crippen molar-refractivity contribution in [2.45, 2.75) is 53.2 Å². The Labute approximate surface area is 148 Å². The van der Waals surface area contributed by atoms with Gasteiger partial charge in [0, 0.05) is 12.7 Å². The van der Waals surface area contributed by atoms with Crippen LogP contribution in [0.25, 0.3) is 5.65 Å². The summed E-state index contributed by atoms with van der Waals surface area (Å²) >= 11 is 0. The van der Waals surface area contributed by atoms with Gasteiger partial charge < -0.3 is 15.7 Å². The molecule has 7 heteroatoms. The van der Waals surface area contributed by atoms with Crippen LogP contribution in [0.5, 0.6) is 0 Å². The number of rotatable bonds is 7. The highest BCUT2D eigenvalue weighted by atomic mass is 16.3. The van der Waals surface area contributed by atoms with Gasteiger partial charge in [0.1, 0.15) is 0 Å². The van der Waals surface area contributed by atoms with Crippen LogP contribution in [0.3, 0.4) is 0 Å². The van der Waals surface area contributed by atoms with E-state index in [1.54, 1.807) is 6.92 Å². The fraction of sp³-hybridized carbons (Fsp3) is 0.611. The van der Waals surface area contributed by atoms with Crippen molar-refractivity contribution >= 4 is 11.7 Å². The first-order chi connectivity index (χ1) is 11.7. The van der Waals surface area contributed by atoms with Gasteiger partial charge in [-0.25, -0.2) is 4.79 Å². The predicted molar refractivity (Wildman–Crippen MR) is 97.2 cm³/mol. The van der Waals surface area contributed by atoms with Gasteiger partial charge in [-0.1, -0.05) is 33.8 Å². The molecule has 0 bridgehead atoms. The quantitative estimate of drug-likeness (QED) is 0.718. The molecule has 2 rings (SSSR count). The summed E-state index contributed by atoms with van der Waals surface area (Å²) in [6, 6.07) is 5.20. The van der Waals surface area contributed by atoms with Crippen LogP contribution < -0.4 is 10.6 Å². The summed E-state index contributed by atoms with van der Waals surface area (Å²) in [6.07, 6.45) is 2.12. The molecular formula is C18H29N5O2. The van der Waals surface area contributed by atoms with Crippen LogP contribution in [-0.4, -0.2) is 38.4 Å². The van der Waals surface area contributed by atoms with Crippen LogP contribution in [0.2, 0.25) is 0 Å². The Bertz CT molecular complexity index is 708. The molecule has 0 aromatic carbocycles. The summed E-state index contributed by atoms with van der Waals surface area (Å²) in [4.78, 5) is 12.4. The molecule has 0 fully saturated rings. The Balaban J connectivity index is 2.06. The van der Waals surface area contributed by atoms with Crippen LogP contribution in [0.4, 0.5) is 4.79 Å². The maximum absolute atomic E-state index is 12.4. The number of aliphatic hydroxyl groups excluding tert-OH is 1. The highest BCUT2D eigenvalue weighted by Crippen LogP contribution is 2.22. The average molecular weight is 347 g/mol. The van der Waals surface area contributed by atoms with Crippen LogP contribution >= 0.6 is 0 Å². The topological polar surface area (TPSA) is 91.5 Å². The summed E-state index contributed by atoms with van der Waals surface area (Å²) in [6.45, 7) is 10.3. The van der Waals surface area contributed by atoms with Crippen molar-refractivity contribution in [2.75, 3.05) is 6.54 Å². The molecule has 2 unspecified atom stereocenters. The molecule has 2 atom stereocenters. The van der Waals surface area contributed by atoms with E-state index in [0.29, 0.717) is 18.8 Å². The first-order valence-corrected chi connectivity index (χ1v) is 8.72. The third-order valence-corrected chi connectivity index (χ3v) is 4.15. The lowest BCUT2D eigenvalue weighted by Crippen LogP contribution is -2.44. The lowest BCUT2D eigenvalue weighted by atomic mass is 9.87. The molecule has 3 N–H and O–H groups in total. The number of carbonyl (C=O) groups excluding carboxylic acids is 1. The summed E-state index contributed by atoms with van der Waals surface area (Å²) in [5.41, 5.74) is 0.573. The number of urea groups is 1. The molecule has 2 amide bonds. The van der Waals surface area contributed by atoms with Crippen molar-refractivity contribution < 1.29 is 9.90 Å². The van der Waals surface area contributed by atoms with Crippen LogP contribution in [0.1, 0.15) is 52.9 Å². The molecule has 0 aliphatic rings. The van der Waals surface area contributed by atoms with Crippen LogP contribution in [0.15, 0.2) is 24.4 Å². The Hall–Kier alpha value is -2.15. The fourth-order valence-corrected chi connectivity index (χ4v) is 2.99. The minimum atomic E-state index is -0.398. The number of fused-ring (bicyclic) bond motifs is 1. The van der Waals surface area contributed by atoms with Gasteiger partial charge in [0.2, 0.25) is 0 Å². The minimum Gasteiger partial charge on any atom is -0.393 e. The lowest BCUT2D eigenvalue weighted by molar-refractivity contribution is 0.128. The maximum atomic E-state index is 12.4. The van der Waals surface area contributed by atoms with Crippen molar-refractivity contribution in [3.63, 3.8) is 0 Å². The molecule has 0 radical (unpaired) electrons. The maximum Gasteiger partial charge on any atom is 0.315 e. The van der Waals surface area contributed by atoms with E-state index in [1.165, 1.54) is 0 Å². The largest absolute Gasteiger partial charge is 0.393 e. The molecule has 0 aliphatic carbocycles. The molecule has 138 valence electrons. The van der Waals surface area contributed by atoms with Gasteiger partial charge in [-0.15, -0.1) is 10.2 Å². The second-order valence-electron chi connectivity index (χ2n) is 7.75. The number of nitrogens with zero attached hydrogens (tertiary/aromatic N) is 3. The van der Waals surface area contributed by atoms with E-state index in [2.05, 4.69) is 20.8 Å². The van der Waals surface area contributed by atoms with Gasteiger partial charge in [0.25, 0.3) is 0 Å². The molecular weight excluding hydrogens is 318 g/mol. The molecule has 25 heavy (non-hydrogen) atoms. The number of aromatic nitrogens is 3. The Morgan fingerprint density at radius 1 is 1.28 bits per heavy atom. The third-order valence-electron chi connectivity index (χ3n) is 4.15. The van der Waals surface area contributed by atoms with Gasteiger partial charge in [0.05, 0.1) is 12.1 Å². The second-order valence-corrected chi connectivity index (χ2v) is 7.75. The molecule has 0 saturated heterocycles. The number of pyridine rings is 1. The minimum absolute atomic E-state index is 0.156. The van der Waals surface area contributed by atoms with Crippen LogP contribution in [-0.2, 0) is 0 Å². The molecule has 2 heterocycles. The standard InChI is InChI=1S/C18H29N5O2/c1-12(2)15(16-22-21-14-8-6-7-9-23(14)16)20-17(25)19-11-18(4,5)10-13(3)24/h6-9,12-13,15,24H,10-11H2,1-5H3,(H2,19,20,25). The first kappa shape index (κ1) is 19.2. The number of aliphatic hydroxyl groups is 1. The van der Waals surface area contributed by atoms with E-state index in [0.717, 1.165) is 5.65 Å². The Morgan fingerprint density at radius 3 is 2.64 bits per heavy atom. The van der Waals surface area contributed by atoms with Gasteiger partial charge in [-0.3, -0.25) is 4.40 Å². The Kier molecular flexibility index (Phi) is 6.00. The third kappa shape index (κ3) is 5.16. The zero-order chi connectivity index (χ0) is 18.6. The number of amides is 2. The van der Waals surface area contributed by atoms with E-state index >= 15 is 0 Å². The first-order valence-electron chi connectivity index (χ1n) is 8.72. The highest BCUT2D eigenvalue weighted by molar-refractivity contribution is 5.74. The monoisotopic (exact) mass is 347 g/mol. The second kappa shape index (κ2) is 7.82. The summed E-state index contributed by atoms with van der Waals surface area (Å²) < 4.78 is 1.89. The fourth-order valence-electron chi connectivity index (χ4n) is 2.99. The summed E-state index contributed by atoms with van der Waals surface area (Å²) in [5.74, 6) is 0.868. The number of hydrogen-bond donors (Lipinski definition) is 3. The van der Waals surface area contributed by atoms with Crippen molar-refractivity contribution in [3.05, 3.63) is 30.2 Å². The smallest absolute Gasteiger partial charge is 0.315 e. The van der Waals surface area contributed by atoms with Gasteiger partial charge in [-0.2, -0.15) is 0 Å². The number of hydrogen-bond acceptors (Lipinski definition) is 4. The van der Waals surface area contributed by atoms with Gasteiger partial charge in [-0.05, 0) is 36.8 Å². The van der Waals surface area contributed by atoms with Gasteiger partial charge >= 0.3 is 6.03 Å². The number of carbonyl (C=O) groups is 1. The molecule has 0 saturated carbocycles. The normalized spacial score (nSPS) is 14.5. The van der Waals surface area contributed by atoms with E-state index in [4.69, 9.17) is 0 Å². The highest BCUT2D eigenvalue weighted by Gasteiger charge is 2.25. The van der Waals surface area contributed by atoms with E-state index in [-0.39, 0.29) is 23.4 Å². The lowest BCUT2D eigenvalue weighted by Gasteiger charge is -2.27. The molecule has 0 spiro atoms. The summed E-state index contributed by atoms with van der Waals surface area (Å²) in [5, 5.41) is 23.9. The average Bonchev–Trinajstić information content (AvgIpc) is 2.93. The predicted octanol–water partition coefficient (Wildman–Crippen LogP) is 2.52. The van der Waals surface area contributed by atoms with Crippen molar-refractivity contribution in [2.24, 2.45) is 11.3 Å². The zero-order valence-electron chi connectivity index (χ0n) is 15.7. The van der Waals surface area contributed by atoms with Crippen LogP contribution in [0, 0.1) is 11.3 Å². The van der Waals surface area contributed by atoms with E-state index in [1.807, 2.05) is 56.5 Å². The number of nitrogens with one attached hydrogen (secondary N) is 2. The summed E-state index contributed by atoms with van der Waals surface area (Å²) in [7, 11) is 0. The molecule has 0 aliphatic heterocycles. The van der Waals surface area contributed by atoms with Crippen molar-refractivity contribution in [3.8, 4) is 0 Å². The Morgan fingerprint density at radius 2 is 2.00 bits per heavy atom. The molecule has 7 nitrogen and oxygen atoms in total. The van der Waals surface area contributed by atoms with E-state index < -0.39 is 6.10 Å². The van der Waals surface area contributed by atoms with Crippen molar-refractivity contribution in [1.29, 1.82) is 0 Å². The zero-order valence-corrected chi connectivity index (χ0v) is 15.7. The van der Waals surface area contributed by atoms with E-state index in [9.17, 15) is 9.90 Å². The SMILES string of the molecule is CC(O)CC(C)(C)CNC(=O)NC(c1nnc2ccccn12)C(C)C. The van der Waals surface area contributed by atoms with Crippen molar-refractivity contribution in [1.82, 2.24) is 25.2 Å². The molecule has 2 aromatic rings. The molecule has 2 aromatic heterocycles. The van der Waals surface area contributed by atoms with Gasteiger partial charge in [0.15, 0.2) is 11.5 Å².